The van der Waals surface area contributed by atoms with Crippen LogP contribution in [0.15, 0.2) is 39.8 Å². The molecule has 0 radical (unpaired) electrons. The molecule has 1 amide bonds. The van der Waals surface area contributed by atoms with Crippen molar-refractivity contribution >= 4 is 33.2 Å². The van der Waals surface area contributed by atoms with Gasteiger partial charge in [0.2, 0.25) is 0 Å². The lowest BCUT2D eigenvalue weighted by molar-refractivity contribution is 0.0828. The first-order chi connectivity index (χ1) is 13.1. The zero-order valence-electron chi connectivity index (χ0n) is 15.1. The molecule has 3 aromatic rings. The Morgan fingerprint density at radius 1 is 1.32 bits per heavy atom. The van der Waals surface area contributed by atoms with E-state index in [4.69, 9.17) is 16.0 Å². The second kappa shape index (κ2) is 7.28. The molecule has 0 aliphatic heterocycles. The van der Waals surface area contributed by atoms with E-state index in [1.807, 2.05) is 0 Å². The molecule has 1 aromatic carbocycles. The fourth-order valence-corrected chi connectivity index (χ4v) is 4.03. The van der Waals surface area contributed by atoms with E-state index in [9.17, 15) is 17.6 Å². The number of H-pyrrole nitrogens is 1. The number of aryl methyl sites for hydroxylation is 1. The van der Waals surface area contributed by atoms with Crippen LogP contribution in [0.4, 0.5) is 10.1 Å². The summed E-state index contributed by atoms with van der Waals surface area (Å²) in [6, 6.07) is 4.57. The largest absolute Gasteiger partial charge is 0.458 e. The first-order valence-corrected chi connectivity index (χ1v) is 9.80. The summed E-state index contributed by atoms with van der Waals surface area (Å²) >= 11 is 5.89. The molecule has 11 heteroatoms. The van der Waals surface area contributed by atoms with Gasteiger partial charge in [-0.2, -0.15) is 5.10 Å². The van der Waals surface area contributed by atoms with Crippen molar-refractivity contribution in [2.24, 2.45) is 0 Å². The molecule has 3 rings (SSSR count). The van der Waals surface area contributed by atoms with Crippen molar-refractivity contribution in [2.45, 2.75) is 11.8 Å². The highest BCUT2D eigenvalue weighted by Gasteiger charge is 2.26. The van der Waals surface area contributed by atoms with E-state index in [1.54, 1.807) is 14.1 Å². The van der Waals surface area contributed by atoms with Crippen molar-refractivity contribution in [3.05, 3.63) is 52.6 Å². The smallest absolute Gasteiger partial charge is 0.265 e. The number of sulfonamides is 1. The summed E-state index contributed by atoms with van der Waals surface area (Å²) in [6.45, 7) is 1.47. The normalized spacial score (nSPS) is 11.5. The molecule has 0 spiro atoms. The molecule has 0 atom stereocenters. The Morgan fingerprint density at radius 2 is 2.04 bits per heavy atom. The fourth-order valence-electron chi connectivity index (χ4n) is 2.50. The number of rotatable bonds is 5. The summed E-state index contributed by atoms with van der Waals surface area (Å²) in [5, 5.41) is 6.40. The van der Waals surface area contributed by atoms with Gasteiger partial charge in [-0.05, 0) is 25.1 Å². The number of furan rings is 1. The molecule has 0 unspecified atom stereocenters. The molecule has 2 aromatic heterocycles. The van der Waals surface area contributed by atoms with Crippen LogP contribution in [0.1, 0.15) is 16.1 Å². The minimum Gasteiger partial charge on any atom is -0.458 e. The van der Waals surface area contributed by atoms with Gasteiger partial charge in [0.25, 0.3) is 15.9 Å². The number of carbonyl (C=O) groups is 1. The molecule has 0 saturated heterocycles. The number of hydrogen-bond acceptors (Lipinski definition) is 5. The van der Waals surface area contributed by atoms with Crippen LogP contribution in [0, 0.1) is 12.7 Å². The van der Waals surface area contributed by atoms with Crippen LogP contribution >= 0.6 is 11.6 Å². The Balaban J connectivity index is 1.99. The average Bonchev–Trinajstić information content (AvgIpc) is 3.23. The SMILES string of the molecule is Cc1oc(-c2[nH]ncc2C(=O)N(C)C)cc1S(=O)(=O)Nc1ccc(F)cc1Cl. The van der Waals surface area contributed by atoms with Crippen molar-refractivity contribution in [1.82, 2.24) is 15.1 Å². The molecule has 148 valence electrons. The number of benzene rings is 1. The maximum absolute atomic E-state index is 13.2. The maximum Gasteiger partial charge on any atom is 0.265 e. The van der Waals surface area contributed by atoms with Gasteiger partial charge < -0.3 is 9.32 Å². The van der Waals surface area contributed by atoms with E-state index in [2.05, 4.69) is 14.9 Å². The van der Waals surface area contributed by atoms with Crippen LogP contribution < -0.4 is 4.72 Å². The molecule has 0 bridgehead atoms. The average molecular weight is 427 g/mol. The molecule has 0 saturated carbocycles. The maximum atomic E-state index is 13.2. The Hall–Kier alpha value is -2.85. The zero-order chi connectivity index (χ0) is 20.6. The molecule has 0 fully saturated rings. The minimum atomic E-state index is -4.08. The number of amides is 1. The minimum absolute atomic E-state index is 0.0234. The van der Waals surface area contributed by atoms with Gasteiger partial charge in [-0.1, -0.05) is 11.6 Å². The third-order valence-electron chi connectivity index (χ3n) is 3.86. The van der Waals surface area contributed by atoms with Gasteiger partial charge in [-0.25, -0.2) is 12.8 Å². The van der Waals surface area contributed by atoms with Crippen LogP contribution in [0.25, 0.3) is 11.5 Å². The molecule has 8 nitrogen and oxygen atoms in total. The number of carbonyl (C=O) groups excluding carboxylic acids is 1. The highest BCUT2D eigenvalue weighted by atomic mass is 35.5. The number of aromatic nitrogens is 2. The van der Waals surface area contributed by atoms with Crippen molar-refractivity contribution in [1.29, 1.82) is 0 Å². The molecule has 0 aliphatic carbocycles. The summed E-state index contributed by atoms with van der Waals surface area (Å²) in [5.74, 6) is -0.685. The third-order valence-corrected chi connectivity index (χ3v) is 5.65. The summed E-state index contributed by atoms with van der Waals surface area (Å²) in [6.07, 6.45) is 1.33. The Labute approximate surface area is 165 Å². The number of aromatic amines is 1. The van der Waals surface area contributed by atoms with Crippen LogP contribution in [-0.4, -0.2) is 43.5 Å². The van der Waals surface area contributed by atoms with Gasteiger partial charge in [0.05, 0.1) is 22.5 Å². The number of halogens is 2. The Kier molecular flexibility index (Phi) is 5.18. The van der Waals surface area contributed by atoms with Crippen LogP contribution in [0.3, 0.4) is 0 Å². The van der Waals surface area contributed by atoms with E-state index in [0.717, 1.165) is 12.1 Å². The van der Waals surface area contributed by atoms with Gasteiger partial charge in [0.1, 0.15) is 22.2 Å². The number of nitrogens with one attached hydrogen (secondary N) is 2. The van der Waals surface area contributed by atoms with Crippen molar-refractivity contribution in [3.8, 4) is 11.5 Å². The lowest BCUT2D eigenvalue weighted by Gasteiger charge is -2.09. The van der Waals surface area contributed by atoms with Gasteiger partial charge in [-0.3, -0.25) is 14.6 Å². The van der Waals surface area contributed by atoms with E-state index in [1.165, 1.54) is 30.2 Å². The summed E-state index contributed by atoms with van der Waals surface area (Å²) < 4.78 is 46.5. The molecular formula is C17H16ClFN4O4S. The summed E-state index contributed by atoms with van der Waals surface area (Å²) in [4.78, 5) is 13.5. The van der Waals surface area contributed by atoms with Crippen LogP contribution in [0.2, 0.25) is 5.02 Å². The monoisotopic (exact) mass is 426 g/mol. The van der Waals surface area contributed by atoms with Gasteiger partial charge in [0.15, 0.2) is 5.76 Å². The number of anilines is 1. The van der Waals surface area contributed by atoms with Gasteiger partial charge >= 0.3 is 0 Å². The first kappa shape index (κ1) is 19.9. The third kappa shape index (κ3) is 3.73. The number of nitrogens with zero attached hydrogens (tertiary/aromatic N) is 2. The molecule has 28 heavy (non-hydrogen) atoms. The summed E-state index contributed by atoms with van der Waals surface area (Å²) in [5.41, 5.74) is 0.510. The highest BCUT2D eigenvalue weighted by molar-refractivity contribution is 7.92. The second-order valence-corrected chi connectivity index (χ2v) is 8.18. The topological polar surface area (TPSA) is 108 Å². The molecule has 0 aliphatic rings. The van der Waals surface area contributed by atoms with E-state index in [0.29, 0.717) is 0 Å². The Bertz CT molecular complexity index is 1150. The molecular weight excluding hydrogens is 411 g/mol. The van der Waals surface area contributed by atoms with Gasteiger partial charge in [-0.15, -0.1) is 0 Å². The molecule has 2 heterocycles. The lowest BCUT2D eigenvalue weighted by atomic mass is 10.2. The zero-order valence-corrected chi connectivity index (χ0v) is 16.7. The van der Waals surface area contributed by atoms with E-state index in [-0.39, 0.29) is 44.3 Å². The highest BCUT2D eigenvalue weighted by Crippen LogP contribution is 2.32. The van der Waals surface area contributed by atoms with Crippen LogP contribution in [-0.2, 0) is 10.0 Å². The van der Waals surface area contributed by atoms with Crippen LogP contribution in [0.5, 0.6) is 0 Å². The first-order valence-electron chi connectivity index (χ1n) is 7.94. The fraction of sp³-hybridized carbons (Fsp3) is 0.176. The predicted molar refractivity (Wildman–Crippen MR) is 101 cm³/mol. The van der Waals surface area contributed by atoms with Crippen molar-refractivity contribution in [2.75, 3.05) is 18.8 Å². The number of hydrogen-bond donors (Lipinski definition) is 2. The standard InChI is InChI=1S/C17H16ClFN4O4S/c1-9-15(28(25,26)22-13-5-4-10(19)6-12(13)18)7-14(27-9)16-11(8-20-21-16)17(24)23(2)3/h4-8,22H,1-3H3,(H,20,21). The van der Waals surface area contributed by atoms with Gasteiger partial charge in [0, 0.05) is 20.2 Å². The van der Waals surface area contributed by atoms with Crippen molar-refractivity contribution in [3.63, 3.8) is 0 Å². The molecule has 2 N–H and O–H groups in total. The quantitative estimate of drug-likeness (QED) is 0.650. The van der Waals surface area contributed by atoms with E-state index < -0.39 is 15.8 Å². The van der Waals surface area contributed by atoms with E-state index >= 15 is 0 Å². The second-order valence-electron chi connectivity index (χ2n) is 6.12. The van der Waals surface area contributed by atoms with Crippen molar-refractivity contribution < 1.29 is 22.0 Å². The summed E-state index contributed by atoms with van der Waals surface area (Å²) in [7, 11) is -0.915. The Morgan fingerprint density at radius 3 is 2.68 bits per heavy atom. The lowest BCUT2D eigenvalue weighted by Crippen LogP contribution is -2.21. The predicted octanol–water partition coefficient (Wildman–Crippen LogP) is 3.27.